The third-order valence-corrected chi connectivity index (χ3v) is 6.03. The van der Waals surface area contributed by atoms with Gasteiger partial charge in [-0.3, -0.25) is 24.7 Å². The van der Waals surface area contributed by atoms with Gasteiger partial charge in [0, 0.05) is 42.9 Å². The lowest BCUT2D eigenvalue weighted by atomic mass is 10.0. The highest BCUT2D eigenvalue weighted by Crippen LogP contribution is 2.32. The molecule has 1 aliphatic heterocycles. The standard InChI is InChI=1S/C23H27N5O4/c1-15(19-4-2-3-11-24-19)25-20-8-7-17(14-21(20)28(31)32)22(29)26-18-9-12-27(13-10-18)23(30)16-5-6-16/h2-4,7-8,11,14-16,18,25H,5-6,9-10,12-13H2,1H3,(H,26,29). The first-order chi connectivity index (χ1) is 15.4. The van der Waals surface area contributed by atoms with Crippen LogP contribution in [-0.2, 0) is 4.79 Å². The Labute approximate surface area is 186 Å². The van der Waals surface area contributed by atoms with Crippen LogP contribution in [0, 0.1) is 16.0 Å². The van der Waals surface area contributed by atoms with Gasteiger partial charge in [-0.15, -0.1) is 0 Å². The monoisotopic (exact) mass is 437 g/mol. The van der Waals surface area contributed by atoms with E-state index in [9.17, 15) is 19.7 Å². The number of rotatable bonds is 7. The summed E-state index contributed by atoms with van der Waals surface area (Å²) in [4.78, 5) is 42.2. The third kappa shape index (κ3) is 5.04. The second-order valence-corrected chi connectivity index (χ2v) is 8.46. The largest absolute Gasteiger partial charge is 0.371 e. The molecular formula is C23H27N5O4. The number of nitrogens with one attached hydrogen (secondary N) is 2. The Bertz CT molecular complexity index is 1000. The van der Waals surface area contributed by atoms with Crippen molar-refractivity contribution in [2.45, 2.75) is 44.7 Å². The number of benzene rings is 1. The molecule has 2 N–H and O–H groups in total. The van der Waals surface area contributed by atoms with Crippen LogP contribution in [0.25, 0.3) is 0 Å². The number of aromatic nitrogens is 1. The van der Waals surface area contributed by atoms with Crippen molar-refractivity contribution in [2.24, 2.45) is 5.92 Å². The summed E-state index contributed by atoms with van der Waals surface area (Å²) < 4.78 is 0. The van der Waals surface area contributed by atoms with E-state index in [4.69, 9.17) is 0 Å². The van der Waals surface area contributed by atoms with Crippen LogP contribution in [0.1, 0.15) is 54.7 Å². The smallest absolute Gasteiger partial charge is 0.293 e. The Hall–Kier alpha value is -3.49. The van der Waals surface area contributed by atoms with Crippen molar-refractivity contribution in [3.8, 4) is 0 Å². The van der Waals surface area contributed by atoms with Crippen molar-refractivity contribution < 1.29 is 14.5 Å². The first-order valence-corrected chi connectivity index (χ1v) is 11.0. The Morgan fingerprint density at radius 2 is 1.91 bits per heavy atom. The fraction of sp³-hybridized carbons (Fsp3) is 0.435. The molecule has 168 valence electrons. The molecule has 9 nitrogen and oxygen atoms in total. The molecule has 9 heteroatoms. The number of carbonyl (C=O) groups excluding carboxylic acids is 2. The maximum absolute atomic E-state index is 12.7. The van der Waals surface area contributed by atoms with Crippen LogP contribution in [0.4, 0.5) is 11.4 Å². The molecular weight excluding hydrogens is 410 g/mol. The van der Waals surface area contributed by atoms with Crippen molar-refractivity contribution in [2.75, 3.05) is 18.4 Å². The number of amides is 2. The zero-order valence-electron chi connectivity index (χ0n) is 18.0. The Kier molecular flexibility index (Phi) is 6.34. The first-order valence-electron chi connectivity index (χ1n) is 11.0. The van der Waals surface area contributed by atoms with Crippen LogP contribution in [0.5, 0.6) is 0 Å². The Morgan fingerprint density at radius 1 is 1.16 bits per heavy atom. The normalized spacial score (nSPS) is 17.5. The number of nitrogens with zero attached hydrogens (tertiary/aromatic N) is 3. The predicted molar refractivity (Wildman–Crippen MR) is 119 cm³/mol. The molecule has 2 amide bonds. The number of carbonyl (C=O) groups is 2. The van der Waals surface area contributed by atoms with E-state index in [0.29, 0.717) is 31.6 Å². The van der Waals surface area contributed by atoms with Crippen molar-refractivity contribution in [1.82, 2.24) is 15.2 Å². The third-order valence-electron chi connectivity index (χ3n) is 6.03. The minimum Gasteiger partial charge on any atom is -0.371 e. The van der Waals surface area contributed by atoms with E-state index in [1.165, 1.54) is 6.07 Å². The summed E-state index contributed by atoms with van der Waals surface area (Å²) in [6, 6.07) is 9.66. The molecule has 32 heavy (non-hydrogen) atoms. The number of hydrogen-bond donors (Lipinski definition) is 2. The van der Waals surface area contributed by atoms with Crippen molar-refractivity contribution in [1.29, 1.82) is 0 Å². The van der Waals surface area contributed by atoms with Crippen LogP contribution in [-0.4, -0.2) is 45.8 Å². The predicted octanol–water partition coefficient (Wildman–Crippen LogP) is 3.29. The molecule has 2 fully saturated rings. The van der Waals surface area contributed by atoms with Gasteiger partial charge < -0.3 is 15.5 Å². The number of nitro groups is 1. The SMILES string of the molecule is CC(Nc1ccc(C(=O)NC2CCN(C(=O)C3CC3)CC2)cc1[N+](=O)[O-])c1ccccn1. The molecule has 1 saturated heterocycles. The molecule has 1 atom stereocenters. The van der Waals surface area contributed by atoms with Crippen LogP contribution >= 0.6 is 0 Å². The zero-order valence-corrected chi connectivity index (χ0v) is 18.0. The zero-order chi connectivity index (χ0) is 22.7. The van der Waals surface area contributed by atoms with Gasteiger partial charge in [-0.1, -0.05) is 6.07 Å². The van der Waals surface area contributed by atoms with Gasteiger partial charge in [0.15, 0.2) is 0 Å². The van der Waals surface area contributed by atoms with Crippen molar-refractivity contribution in [3.63, 3.8) is 0 Å². The lowest BCUT2D eigenvalue weighted by Crippen LogP contribution is -2.47. The highest BCUT2D eigenvalue weighted by Gasteiger charge is 2.35. The molecule has 1 aliphatic carbocycles. The summed E-state index contributed by atoms with van der Waals surface area (Å²) in [6.45, 7) is 3.14. The molecule has 0 bridgehead atoms. The van der Waals surface area contributed by atoms with Gasteiger partial charge in [-0.05, 0) is 56.9 Å². The molecule has 2 heterocycles. The average Bonchev–Trinajstić information content (AvgIpc) is 3.65. The maximum atomic E-state index is 12.7. The molecule has 1 unspecified atom stereocenters. The minimum absolute atomic E-state index is 0.0493. The van der Waals surface area contributed by atoms with Gasteiger partial charge in [0.2, 0.25) is 5.91 Å². The lowest BCUT2D eigenvalue weighted by Gasteiger charge is -2.32. The van der Waals surface area contributed by atoms with Crippen LogP contribution in [0.2, 0.25) is 0 Å². The molecule has 1 aromatic carbocycles. The number of likely N-dealkylation sites (tertiary alicyclic amines) is 1. The number of pyridine rings is 1. The number of hydrogen-bond acceptors (Lipinski definition) is 6. The van der Waals surface area contributed by atoms with E-state index in [-0.39, 0.29) is 41.1 Å². The summed E-state index contributed by atoms with van der Waals surface area (Å²) in [6.07, 6.45) is 5.02. The topological polar surface area (TPSA) is 117 Å². The number of piperidine rings is 1. The summed E-state index contributed by atoms with van der Waals surface area (Å²) >= 11 is 0. The highest BCUT2D eigenvalue weighted by atomic mass is 16.6. The van der Waals surface area contributed by atoms with E-state index in [1.807, 2.05) is 24.0 Å². The van der Waals surface area contributed by atoms with Gasteiger partial charge in [0.25, 0.3) is 11.6 Å². The Morgan fingerprint density at radius 3 is 2.53 bits per heavy atom. The van der Waals surface area contributed by atoms with Crippen LogP contribution < -0.4 is 10.6 Å². The molecule has 4 rings (SSSR count). The van der Waals surface area contributed by atoms with E-state index in [0.717, 1.165) is 18.5 Å². The molecule has 0 spiro atoms. The molecule has 1 aromatic heterocycles. The summed E-state index contributed by atoms with van der Waals surface area (Å²) in [7, 11) is 0. The highest BCUT2D eigenvalue weighted by molar-refractivity contribution is 5.96. The number of anilines is 1. The van der Waals surface area contributed by atoms with Crippen LogP contribution in [0.15, 0.2) is 42.6 Å². The van der Waals surface area contributed by atoms with Gasteiger partial charge in [-0.2, -0.15) is 0 Å². The van der Waals surface area contributed by atoms with E-state index in [2.05, 4.69) is 15.6 Å². The van der Waals surface area contributed by atoms with E-state index in [1.54, 1.807) is 24.4 Å². The van der Waals surface area contributed by atoms with Gasteiger partial charge in [-0.25, -0.2) is 0 Å². The second-order valence-electron chi connectivity index (χ2n) is 8.46. The second kappa shape index (κ2) is 9.33. The lowest BCUT2D eigenvalue weighted by molar-refractivity contribution is -0.384. The van der Waals surface area contributed by atoms with Crippen molar-refractivity contribution in [3.05, 3.63) is 64.0 Å². The van der Waals surface area contributed by atoms with E-state index < -0.39 is 4.92 Å². The average molecular weight is 438 g/mol. The summed E-state index contributed by atoms with van der Waals surface area (Å²) in [5.74, 6) is 0.0898. The molecule has 2 aliphatic rings. The van der Waals surface area contributed by atoms with E-state index >= 15 is 0 Å². The van der Waals surface area contributed by atoms with Gasteiger partial charge in [0.1, 0.15) is 5.69 Å². The maximum Gasteiger partial charge on any atom is 0.293 e. The Balaban J connectivity index is 1.39. The first kappa shape index (κ1) is 21.7. The van der Waals surface area contributed by atoms with Gasteiger partial charge >= 0.3 is 0 Å². The van der Waals surface area contributed by atoms with Crippen molar-refractivity contribution >= 4 is 23.2 Å². The molecule has 0 radical (unpaired) electrons. The van der Waals surface area contributed by atoms with Gasteiger partial charge in [0.05, 0.1) is 16.7 Å². The fourth-order valence-electron chi connectivity index (χ4n) is 3.99. The van der Waals surface area contributed by atoms with Crippen LogP contribution in [0.3, 0.4) is 0 Å². The molecule has 2 aromatic rings. The summed E-state index contributed by atoms with van der Waals surface area (Å²) in [5.41, 5.74) is 1.17. The molecule has 1 saturated carbocycles. The summed E-state index contributed by atoms with van der Waals surface area (Å²) in [5, 5.41) is 17.7. The minimum atomic E-state index is -0.494. The number of nitro benzene ring substituents is 1. The fourth-order valence-corrected chi connectivity index (χ4v) is 3.99. The quantitative estimate of drug-likeness (QED) is 0.507.